The topological polar surface area (TPSA) is 42.0 Å². The van der Waals surface area contributed by atoms with Crippen LogP contribution in [0, 0.1) is 12.7 Å². The third kappa shape index (κ3) is 2.84. The molecule has 1 amide bonds. The molecule has 0 unspecified atom stereocenters. The van der Waals surface area contributed by atoms with Crippen LogP contribution >= 0.6 is 11.6 Å². The van der Waals surface area contributed by atoms with Crippen molar-refractivity contribution in [2.45, 2.75) is 6.92 Å². The Hall–Kier alpha value is -1.94. The van der Waals surface area contributed by atoms with E-state index < -0.39 is 11.7 Å². The number of aryl methyl sites for hydroxylation is 1. The Morgan fingerprint density at radius 3 is 2.83 bits per heavy atom. The Bertz CT molecular complexity index is 601. The number of rotatable bonds is 2. The molecule has 3 nitrogen and oxygen atoms in total. The van der Waals surface area contributed by atoms with Crippen LogP contribution in [0.5, 0.6) is 0 Å². The van der Waals surface area contributed by atoms with E-state index in [9.17, 15) is 9.18 Å². The van der Waals surface area contributed by atoms with Crippen molar-refractivity contribution in [2.75, 3.05) is 5.32 Å². The first-order valence-corrected chi connectivity index (χ1v) is 5.63. The molecule has 0 fully saturated rings. The summed E-state index contributed by atoms with van der Waals surface area (Å²) in [5.41, 5.74) is 1.29. The average molecular weight is 265 g/mol. The summed E-state index contributed by atoms with van der Waals surface area (Å²) in [6, 6.07) is 7.44. The van der Waals surface area contributed by atoms with Gasteiger partial charge in [-0.25, -0.2) is 9.37 Å². The highest BCUT2D eigenvalue weighted by Gasteiger charge is 2.12. The Kier molecular flexibility index (Phi) is 3.58. The van der Waals surface area contributed by atoms with Gasteiger partial charge in [-0.3, -0.25) is 4.79 Å². The van der Waals surface area contributed by atoms with Gasteiger partial charge in [-0.15, -0.1) is 0 Å². The predicted molar refractivity (Wildman–Crippen MR) is 68.3 cm³/mol. The third-order valence-electron chi connectivity index (χ3n) is 2.35. The molecule has 1 aromatic heterocycles. The maximum absolute atomic E-state index is 13.5. The fraction of sp³-hybridized carbons (Fsp3) is 0.0769. The maximum atomic E-state index is 13.5. The number of nitrogens with zero attached hydrogens (tertiary/aromatic N) is 1. The number of nitrogens with one attached hydrogen (secondary N) is 1. The largest absolute Gasteiger partial charge is 0.322 e. The van der Waals surface area contributed by atoms with Gasteiger partial charge < -0.3 is 5.32 Å². The molecule has 1 N–H and O–H groups in total. The minimum absolute atomic E-state index is 0.00272. The van der Waals surface area contributed by atoms with Crippen molar-refractivity contribution in [3.05, 3.63) is 58.6 Å². The molecular formula is C13H10ClFN2O. The smallest absolute Gasteiger partial charge is 0.258 e. The van der Waals surface area contributed by atoms with E-state index in [4.69, 9.17) is 11.6 Å². The third-order valence-corrected chi connectivity index (χ3v) is 2.56. The zero-order valence-corrected chi connectivity index (χ0v) is 10.3. The highest BCUT2D eigenvalue weighted by atomic mass is 35.5. The van der Waals surface area contributed by atoms with E-state index in [-0.39, 0.29) is 10.7 Å². The molecule has 0 saturated carbocycles. The van der Waals surface area contributed by atoms with Crippen molar-refractivity contribution in [3.63, 3.8) is 0 Å². The van der Waals surface area contributed by atoms with Crippen LogP contribution in [0.25, 0.3) is 0 Å². The molecule has 0 spiro atoms. The number of hydrogen-bond donors (Lipinski definition) is 1. The number of pyridine rings is 1. The highest BCUT2D eigenvalue weighted by molar-refractivity contribution is 6.29. The van der Waals surface area contributed by atoms with Crippen molar-refractivity contribution < 1.29 is 9.18 Å². The second-order valence-electron chi connectivity index (χ2n) is 3.80. The molecule has 1 heterocycles. The first-order chi connectivity index (χ1) is 8.56. The van der Waals surface area contributed by atoms with Crippen molar-refractivity contribution in [3.8, 4) is 0 Å². The van der Waals surface area contributed by atoms with Gasteiger partial charge in [-0.05, 0) is 31.2 Å². The van der Waals surface area contributed by atoms with Gasteiger partial charge >= 0.3 is 0 Å². The van der Waals surface area contributed by atoms with E-state index in [2.05, 4.69) is 10.3 Å². The predicted octanol–water partition coefficient (Wildman–Crippen LogP) is 3.43. The molecule has 0 atom stereocenters. The fourth-order valence-corrected chi connectivity index (χ4v) is 1.67. The first kappa shape index (κ1) is 12.5. The Balaban J connectivity index is 2.24. The number of carbonyl (C=O) groups is 1. The first-order valence-electron chi connectivity index (χ1n) is 5.25. The summed E-state index contributed by atoms with van der Waals surface area (Å²) in [4.78, 5) is 15.7. The Labute approximate surface area is 109 Å². The molecule has 0 aliphatic carbocycles. The molecule has 18 heavy (non-hydrogen) atoms. The highest BCUT2D eigenvalue weighted by Crippen LogP contribution is 2.15. The maximum Gasteiger partial charge on any atom is 0.258 e. The molecule has 0 bridgehead atoms. The number of carbonyl (C=O) groups excluding carboxylic acids is 1. The fourth-order valence-electron chi connectivity index (χ4n) is 1.49. The second-order valence-corrected chi connectivity index (χ2v) is 4.19. The SMILES string of the molecule is Cc1ccc(F)c(C(=O)Nc2ccnc(Cl)c2)c1. The van der Waals surface area contributed by atoms with E-state index in [1.165, 1.54) is 24.4 Å². The number of anilines is 1. The van der Waals surface area contributed by atoms with Crippen molar-refractivity contribution >= 4 is 23.2 Å². The monoisotopic (exact) mass is 264 g/mol. The quantitative estimate of drug-likeness (QED) is 0.845. The average Bonchev–Trinajstić information content (AvgIpc) is 2.32. The van der Waals surface area contributed by atoms with E-state index in [0.29, 0.717) is 5.69 Å². The minimum Gasteiger partial charge on any atom is -0.322 e. The summed E-state index contributed by atoms with van der Waals surface area (Å²) in [5.74, 6) is -1.07. The van der Waals surface area contributed by atoms with Crippen LogP contribution in [0.3, 0.4) is 0 Å². The van der Waals surface area contributed by atoms with Crippen molar-refractivity contribution in [2.24, 2.45) is 0 Å². The van der Waals surface area contributed by atoms with Crippen LogP contribution in [-0.2, 0) is 0 Å². The summed E-state index contributed by atoms with van der Waals surface area (Å²) in [6.45, 7) is 1.79. The van der Waals surface area contributed by atoms with Crippen LogP contribution in [-0.4, -0.2) is 10.9 Å². The number of hydrogen-bond acceptors (Lipinski definition) is 2. The Morgan fingerprint density at radius 1 is 1.33 bits per heavy atom. The lowest BCUT2D eigenvalue weighted by molar-refractivity contribution is 0.102. The van der Waals surface area contributed by atoms with Crippen LogP contribution in [0.15, 0.2) is 36.5 Å². The molecule has 1 aromatic carbocycles. The Morgan fingerprint density at radius 2 is 2.11 bits per heavy atom. The molecule has 92 valence electrons. The molecule has 0 aliphatic heterocycles. The van der Waals surface area contributed by atoms with Crippen LogP contribution in [0.1, 0.15) is 15.9 Å². The number of benzene rings is 1. The van der Waals surface area contributed by atoms with Gasteiger partial charge in [0.15, 0.2) is 0 Å². The van der Waals surface area contributed by atoms with Crippen LogP contribution < -0.4 is 5.32 Å². The van der Waals surface area contributed by atoms with E-state index in [1.54, 1.807) is 19.1 Å². The van der Waals surface area contributed by atoms with Gasteiger partial charge in [0.2, 0.25) is 0 Å². The van der Waals surface area contributed by atoms with Crippen LogP contribution in [0.2, 0.25) is 5.15 Å². The zero-order chi connectivity index (χ0) is 13.1. The number of aromatic nitrogens is 1. The molecule has 0 saturated heterocycles. The summed E-state index contributed by atoms with van der Waals surface area (Å²) < 4.78 is 13.5. The molecule has 5 heteroatoms. The van der Waals surface area contributed by atoms with Gasteiger partial charge in [-0.1, -0.05) is 23.2 Å². The van der Waals surface area contributed by atoms with Gasteiger partial charge in [-0.2, -0.15) is 0 Å². The van der Waals surface area contributed by atoms with Gasteiger partial charge in [0.05, 0.1) is 5.56 Å². The molecule has 2 aromatic rings. The lowest BCUT2D eigenvalue weighted by Gasteiger charge is -2.06. The van der Waals surface area contributed by atoms with Crippen LogP contribution in [0.4, 0.5) is 10.1 Å². The number of halogens is 2. The van der Waals surface area contributed by atoms with E-state index in [1.807, 2.05) is 0 Å². The summed E-state index contributed by atoms with van der Waals surface area (Å²) in [7, 11) is 0. The summed E-state index contributed by atoms with van der Waals surface area (Å²) >= 11 is 5.69. The second kappa shape index (κ2) is 5.14. The lowest BCUT2D eigenvalue weighted by Crippen LogP contribution is -2.14. The minimum atomic E-state index is -0.557. The normalized spacial score (nSPS) is 10.2. The molecule has 2 rings (SSSR count). The van der Waals surface area contributed by atoms with Crippen molar-refractivity contribution in [1.82, 2.24) is 4.98 Å². The number of amides is 1. The van der Waals surface area contributed by atoms with Gasteiger partial charge in [0, 0.05) is 11.9 Å². The standard InChI is InChI=1S/C13H10ClFN2O/c1-8-2-3-11(15)10(6-8)13(18)17-9-4-5-16-12(14)7-9/h2-7H,1H3,(H,16,17,18). The van der Waals surface area contributed by atoms with Crippen molar-refractivity contribution in [1.29, 1.82) is 0 Å². The summed E-state index contributed by atoms with van der Waals surface area (Å²) in [5, 5.41) is 2.83. The van der Waals surface area contributed by atoms with E-state index >= 15 is 0 Å². The summed E-state index contributed by atoms with van der Waals surface area (Å²) in [6.07, 6.45) is 1.46. The molecule has 0 radical (unpaired) electrons. The molecular weight excluding hydrogens is 255 g/mol. The van der Waals surface area contributed by atoms with Gasteiger partial charge in [0.1, 0.15) is 11.0 Å². The lowest BCUT2D eigenvalue weighted by atomic mass is 10.1. The van der Waals surface area contributed by atoms with E-state index in [0.717, 1.165) is 5.56 Å². The van der Waals surface area contributed by atoms with Gasteiger partial charge in [0.25, 0.3) is 5.91 Å². The zero-order valence-electron chi connectivity index (χ0n) is 9.58. The molecule has 0 aliphatic rings.